The van der Waals surface area contributed by atoms with Crippen LogP contribution in [-0.2, 0) is 6.40 Å². The van der Waals surface area contributed by atoms with Crippen molar-refractivity contribution >= 4 is 33.2 Å². The van der Waals surface area contributed by atoms with Crippen LogP contribution in [-0.4, -0.2) is 5.71 Å². The fourth-order valence-corrected chi connectivity index (χ4v) is 3.18. The Balaban J connectivity index is 2.00. The number of rotatable bonds is 1. The highest BCUT2D eigenvalue weighted by atomic mass is 32.1. The van der Waals surface area contributed by atoms with Crippen molar-refractivity contribution in [1.82, 2.24) is 0 Å². The van der Waals surface area contributed by atoms with Crippen molar-refractivity contribution in [3.05, 3.63) is 52.4 Å². The SMILES string of the molecule is [2H]C1=C([2H])C([2H])C([2H])C(C2=C([2H])c3sc4c([2H])c([2H])c([2H])c([2H])c4c3C([2H])C2)=N1. The normalized spacial score (nSPS) is 38.7. The van der Waals surface area contributed by atoms with Gasteiger partial charge in [-0.2, -0.15) is 0 Å². The third-order valence-corrected chi connectivity index (χ3v) is 4.06. The van der Waals surface area contributed by atoms with E-state index in [4.69, 9.17) is 13.7 Å². The van der Waals surface area contributed by atoms with Gasteiger partial charge in [0.05, 0.1) is 9.60 Å². The topological polar surface area (TPSA) is 12.4 Å². The van der Waals surface area contributed by atoms with Crippen LogP contribution in [0.1, 0.15) is 43.4 Å². The molecule has 0 N–H and O–H groups in total. The number of benzene rings is 1. The maximum absolute atomic E-state index is 8.63. The molecule has 1 aliphatic carbocycles. The van der Waals surface area contributed by atoms with E-state index in [0.717, 1.165) is 11.3 Å². The van der Waals surface area contributed by atoms with Crippen molar-refractivity contribution in [3.8, 4) is 0 Å². The average molecular weight is 275 g/mol. The molecule has 3 atom stereocenters. The highest BCUT2D eigenvalue weighted by Gasteiger charge is 2.18. The average Bonchev–Trinajstić information content (AvgIpc) is 3.10. The number of hydrogen-bond acceptors (Lipinski definition) is 2. The Bertz CT molecular complexity index is 1160. The van der Waals surface area contributed by atoms with Crippen LogP contribution in [0.25, 0.3) is 16.1 Å². The molecule has 2 heterocycles. The minimum atomic E-state index is -1.29. The van der Waals surface area contributed by atoms with E-state index >= 15 is 0 Å². The monoisotopic (exact) mass is 275 g/mol. The Hall–Kier alpha value is -1.67. The van der Waals surface area contributed by atoms with Crippen molar-refractivity contribution in [1.29, 1.82) is 0 Å². The summed E-state index contributed by atoms with van der Waals surface area (Å²) in [5.74, 6) is 0. The van der Waals surface area contributed by atoms with Crippen LogP contribution in [0, 0.1) is 0 Å². The first kappa shape index (κ1) is 5.02. The van der Waals surface area contributed by atoms with E-state index in [0.29, 0.717) is 10.4 Å². The molecule has 0 saturated carbocycles. The van der Waals surface area contributed by atoms with Crippen LogP contribution in [0.5, 0.6) is 0 Å². The summed E-state index contributed by atoms with van der Waals surface area (Å²) in [5, 5.41) is 0.251. The summed E-state index contributed by atoms with van der Waals surface area (Å²) in [6, 6.07) is -1.59. The van der Waals surface area contributed by atoms with Gasteiger partial charge in [-0.15, -0.1) is 11.3 Å². The molecule has 0 radical (unpaired) electrons. The lowest BCUT2D eigenvalue weighted by Crippen LogP contribution is -2.08. The molecular weight excluding hydrogens is 250 g/mol. The van der Waals surface area contributed by atoms with Gasteiger partial charge in [0.15, 0.2) is 0 Å². The van der Waals surface area contributed by atoms with Crippen molar-refractivity contribution < 1.29 is 13.7 Å². The number of aryl methyl sites for hydroxylation is 1. The molecule has 0 amide bonds. The lowest BCUT2D eigenvalue weighted by atomic mass is 9.91. The number of allylic oxidation sites excluding steroid dienone is 2. The summed E-state index contributed by atoms with van der Waals surface area (Å²) in [6.07, 6.45) is -3.90. The smallest absolute Gasteiger partial charge is 0.0836 e. The molecule has 94 valence electrons. The zero-order valence-electron chi connectivity index (χ0n) is 19.8. The predicted molar refractivity (Wildman–Crippen MR) is 83.9 cm³/mol. The molecule has 4 rings (SSSR count). The van der Waals surface area contributed by atoms with E-state index in [1.54, 1.807) is 0 Å². The van der Waals surface area contributed by atoms with Crippen LogP contribution in [0.2, 0.25) is 0 Å². The molecule has 2 aromatic rings. The minimum absolute atomic E-state index is 0.0120. The molecule has 19 heavy (non-hydrogen) atoms. The second kappa shape index (κ2) is 4.46. The van der Waals surface area contributed by atoms with Gasteiger partial charge in [0.1, 0.15) is 0 Å². The molecule has 1 aliphatic heterocycles. The maximum Gasteiger partial charge on any atom is 0.0836 e. The largest absolute Gasteiger partial charge is 0.261 e. The first-order valence-electron chi connectivity index (χ1n) is 11.0. The van der Waals surface area contributed by atoms with Gasteiger partial charge in [-0.1, -0.05) is 24.2 Å². The van der Waals surface area contributed by atoms with E-state index in [9.17, 15) is 0 Å². The number of hydrogen-bond donors (Lipinski definition) is 0. The summed E-state index contributed by atoms with van der Waals surface area (Å²) in [6.45, 7) is 0. The molecule has 1 aromatic heterocycles. The zero-order chi connectivity index (χ0) is 21.4. The standard InChI is InChI=1S/C17H15NS/c1-2-7-16-13(5-1)14-9-8-12(11-17(14)19-16)15-6-3-4-10-18-15/h1-2,4-5,7,10-11H,3,6,8-9H2/i1D,2D,3D,4D,5D,6D,7D,9D,10D,11D. The lowest BCUT2D eigenvalue weighted by Gasteiger charge is -2.16. The van der Waals surface area contributed by atoms with E-state index in [2.05, 4.69) is 4.99 Å². The third kappa shape index (κ3) is 1.87. The Morgan fingerprint density at radius 1 is 1.26 bits per heavy atom. The van der Waals surface area contributed by atoms with Crippen molar-refractivity contribution in [2.75, 3.05) is 0 Å². The molecule has 1 aromatic carbocycles. The number of fused-ring (bicyclic) bond motifs is 3. The van der Waals surface area contributed by atoms with Gasteiger partial charge in [-0.25, -0.2) is 0 Å². The molecule has 0 bridgehead atoms. The summed E-state index contributed by atoms with van der Waals surface area (Å²) in [4.78, 5) is 4.30. The third-order valence-electron chi connectivity index (χ3n) is 3.02. The second-order valence-corrected chi connectivity index (χ2v) is 5.17. The van der Waals surface area contributed by atoms with Crippen LogP contribution in [0.15, 0.2) is 47.0 Å². The van der Waals surface area contributed by atoms with Crippen LogP contribution < -0.4 is 0 Å². The van der Waals surface area contributed by atoms with Crippen LogP contribution >= 0.6 is 11.3 Å². The Kier molecular flexibility index (Phi) is 1.18. The second-order valence-electron chi connectivity index (χ2n) is 4.15. The molecule has 2 aliphatic rings. The zero-order valence-corrected chi connectivity index (χ0v) is 10.6. The number of aliphatic imine (C=N–C) groups is 1. The molecular formula is C17H15NS. The van der Waals surface area contributed by atoms with Gasteiger partial charge in [0.2, 0.25) is 0 Å². The summed E-state index contributed by atoms with van der Waals surface area (Å²) < 4.78 is 81.3. The van der Waals surface area contributed by atoms with Crippen LogP contribution in [0.3, 0.4) is 0 Å². The lowest BCUT2D eigenvalue weighted by molar-refractivity contribution is 0.954. The Morgan fingerprint density at radius 3 is 3.21 bits per heavy atom. The van der Waals surface area contributed by atoms with Crippen LogP contribution in [0.4, 0.5) is 0 Å². The fourth-order valence-electron chi connectivity index (χ4n) is 2.14. The molecule has 0 spiro atoms. The highest BCUT2D eigenvalue weighted by molar-refractivity contribution is 7.20. The first-order valence-corrected chi connectivity index (χ1v) is 6.63. The quantitative estimate of drug-likeness (QED) is 0.696. The van der Waals surface area contributed by atoms with E-state index in [1.165, 1.54) is 0 Å². The Labute approximate surface area is 131 Å². The van der Waals surface area contributed by atoms with Crippen molar-refractivity contribution in [2.24, 2.45) is 4.99 Å². The van der Waals surface area contributed by atoms with Gasteiger partial charge in [-0.05, 0) is 54.2 Å². The van der Waals surface area contributed by atoms with Gasteiger partial charge >= 0.3 is 0 Å². The molecule has 3 unspecified atom stereocenters. The van der Waals surface area contributed by atoms with Crippen molar-refractivity contribution in [2.45, 2.75) is 25.6 Å². The highest BCUT2D eigenvalue weighted by Crippen LogP contribution is 2.38. The van der Waals surface area contributed by atoms with E-state index in [-0.39, 0.29) is 64.1 Å². The molecule has 2 heteroatoms. The summed E-state index contributed by atoms with van der Waals surface area (Å²) in [5.41, 5.74) is 0.665. The van der Waals surface area contributed by atoms with Gasteiger partial charge in [0.25, 0.3) is 0 Å². The minimum Gasteiger partial charge on any atom is -0.261 e. The summed E-state index contributed by atoms with van der Waals surface area (Å²) in [7, 11) is 0. The van der Waals surface area contributed by atoms with Crippen molar-refractivity contribution in [3.63, 3.8) is 0 Å². The molecule has 0 saturated heterocycles. The van der Waals surface area contributed by atoms with Gasteiger partial charge < -0.3 is 0 Å². The van der Waals surface area contributed by atoms with E-state index in [1.807, 2.05) is 0 Å². The molecule has 0 fully saturated rings. The number of nitrogens with zero attached hydrogens (tertiary/aromatic N) is 1. The number of thiophene rings is 1. The summed E-state index contributed by atoms with van der Waals surface area (Å²) >= 11 is 1.01. The van der Waals surface area contributed by atoms with Gasteiger partial charge in [-0.3, -0.25) is 4.99 Å². The predicted octanol–water partition coefficient (Wildman–Crippen LogP) is 4.98. The maximum atomic E-state index is 8.63. The molecule has 1 nitrogen and oxygen atoms in total. The Morgan fingerprint density at radius 2 is 2.21 bits per heavy atom. The van der Waals surface area contributed by atoms with Gasteiger partial charge in [0, 0.05) is 25.6 Å². The first-order chi connectivity index (χ1) is 13.6. The fraction of sp³-hybridized carbons (Fsp3) is 0.235. The van der Waals surface area contributed by atoms with E-state index < -0.39 is 25.4 Å².